The molecular formula is C16H20Cl2FN3OS. The van der Waals surface area contributed by atoms with Crippen LogP contribution in [0, 0.1) is 5.82 Å². The summed E-state index contributed by atoms with van der Waals surface area (Å²) in [7, 11) is 1.95. The molecule has 2 heterocycles. The molecule has 0 unspecified atom stereocenters. The van der Waals surface area contributed by atoms with Gasteiger partial charge in [-0.1, -0.05) is 12.1 Å². The maximum Gasteiger partial charge on any atom is 0.265 e. The molecular weight excluding hydrogens is 372 g/mol. The average Bonchev–Trinajstić information content (AvgIpc) is 3.04. The highest BCUT2D eigenvalue weighted by Gasteiger charge is 2.24. The Bertz CT molecular complexity index is 675. The van der Waals surface area contributed by atoms with E-state index in [-0.39, 0.29) is 36.5 Å². The maximum atomic E-state index is 13.8. The van der Waals surface area contributed by atoms with Gasteiger partial charge in [-0.25, -0.2) is 9.37 Å². The van der Waals surface area contributed by atoms with Crippen molar-refractivity contribution >= 4 is 42.1 Å². The Balaban J connectivity index is 0.00000144. The molecule has 0 radical (unpaired) electrons. The number of halogens is 3. The van der Waals surface area contributed by atoms with Crippen LogP contribution in [0.2, 0.25) is 0 Å². The van der Waals surface area contributed by atoms with Gasteiger partial charge < -0.3 is 10.2 Å². The Morgan fingerprint density at radius 2 is 1.96 bits per heavy atom. The summed E-state index contributed by atoms with van der Waals surface area (Å²) in [4.78, 5) is 19.1. The number of nitrogens with zero attached hydrogens (tertiary/aromatic N) is 2. The molecule has 0 spiro atoms. The molecule has 0 atom stereocenters. The van der Waals surface area contributed by atoms with E-state index in [1.807, 2.05) is 11.9 Å². The van der Waals surface area contributed by atoms with Crippen LogP contribution in [0.1, 0.15) is 22.5 Å². The molecule has 132 valence electrons. The molecule has 1 amide bonds. The normalized spacial score (nSPS) is 14.7. The number of rotatable bonds is 3. The first-order valence-corrected chi connectivity index (χ1v) is 8.18. The summed E-state index contributed by atoms with van der Waals surface area (Å²) in [6, 6.07) is 6.98. The number of carbonyl (C=O) groups is 1. The Hall–Kier alpha value is -1.21. The number of piperidine rings is 1. The second-order valence-electron chi connectivity index (χ2n) is 5.36. The number of nitrogens with one attached hydrogen (secondary N) is 1. The minimum Gasteiger partial charge on any atom is -0.338 e. The van der Waals surface area contributed by atoms with Crippen molar-refractivity contribution in [2.75, 3.05) is 20.1 Å². The number of likely N-dealkylation sites (tertiary alicyclic amines) is 1. The van der Waals surface area contributed by atoms with Crippen LogP contribution in [0.25, 0.3) is 10.6 Å². The number of aromatic nitrogens is 1. The topological polar surface area (TPSA) is 45.2 Å². The van der Waals surface area contributed by atoms with Crippen molar-refractivity contribution in [2.24, 2.45) is 0 Å². The monoisotopic (exact) mass is 391 g/mol. The third kappa shape index (κ3) is 4.45. The third-order valence-electron chi connectivity index (χ3n) is 4.01. The minimum atomic E-state index is -0.314. The summed E-state index contributed by atoms with van der Waals surface area (Å²) in [5.41, 5.74) is 0.445. The van der Waals surface area contributed by atoms with Crippen molar-refractivity contribution < 1.29 is 9.18 Å². The zero-order valence-electron chi connectivity index (χ0n) is 13.2. The summed E-state index contributed by atoms with van der Waals surface area (Å²) in [6.07, 6.45) is 3.47. The SMILES string of the molecule is CNC1CCN(C(=O)c2cnc(-c3ccccc3F)s2)CC1.Cl.Cl. The molecule has 1 saturated heterocycles. The van der Waals surface area contributed by atoms with Gasteiger partial charge in [-0.15, -0.1) is 36.2 Å². The van der Waals surface area contributed by atoms with Gasteiger partial charge in [0.25, 0.3) is 5.91 Å². The predicted octanol–water partition coefficient (Wildman–Crippen LogP) is 3.62. The van der Waals surface area contributed by atoms with Gasteiger partial charge in [-0.3, -0.25) is 4.79 Å². The van der Waals surface area contributed by atoms with Crippen LogP contribution >= 0.6 is 36.2 Å². The fourth-order valence-electron chi connectivity index (χ4n) is 2.66. The highest BCUT2D eigenvalue weighted by molar-refractivity contribution is 7.16. The van der Waals surface area contributed by atoms with Crippen molar-refractivity contribution in [3.8, 4) is 10.6 Å². The van der Waals surface area contributed by atoms with Gasteiger partial charge in [-0.05, 0) is 32.0 Å². The average molecular weight is 392 g/mol. The van der Waals surface area contributed by atoms with Crippen LogP contribution < -0.4 is 5.32 Å². The van der Waals surface area contributed by atoms with Crippen molar-refractivity contribution in [3.63, 3.8) is 0 Å². The van der Waals surface area contributed by atoms with Gasteiger partial charge in [-0.2, -0.15) is 0 Å². The van der Waals surface area contributed by atoms with E-state index in [9.17, 15) is 9.18 Å². The van der Waals surface area contributed by atoms with Gasteiger partial charge in [0.05, 0.1) is 6.20 Å². The molecule has 8 heteroatoms. The van der Waals surface area contributed by atoms with Gasteiger partial charge in [0.15, 0.2) is 0 Å². The maximum absolute atomic E-state index is 13.8. The van der Waals surface area contributed by atoms with Gasteiger partial charge in [0.2, 0.25) is 0 Å². The van der Waals surface area contributed by atoms with E-state index in [1.165, 1.54) is 17.4 Å². The van der Waals surface area contributed by atoms with Crippen molar-refractivity contribution in [1.29, 1.82) is 0 Å². The zero-order valence-corrected chi connectivity index (χ0v) is 15.6. The molecule has 1 aliphatic rings. The van der Waals surface area contributed by atoms with Crippen LogP contribution in [0.3, 0.4) is 0 Å². The molecule has 2 aromatic rings. The third-order valence-corrected chi connectivity index (χ3v) is 5.03. The number of amides is 1. The van der Waals surface area contributed by atoms with E-state index in [4.69, 9.17) is 0 Å². The van der Waals surface area contributed by atoms with Gasteiger partial charge in [0.1, 0.15) is 15.7 Å². The Morgan fingerprint density at radius 1 is 1.29 bits per heavy atom. The molecule has 24 heavy (non-hydrogen) atoms. The summed E-state index contributed by atoms with van der Waals surface area (Å²) in [5, 5.41) is 3.79. The fourth-order valence-corrected chi connectivity index (χ4v) is 3.57. The first-order valence-electron chi connectivity index (χ1n) is 7.36. The van der Waals surface area contributed by atoms with Gasteiger partial charge >= 0.3 is 0 Å². The van der Waals surface area contributed by atoms with E-state index < -0.39 is 0 Å². The van der Waals surface area contributed by atoms with E-state index in [1.54, 1.807) is 24.4 Å². The van der Waals surface area contributed by atoms with Gasteiger partial charge in [0, 0.05) is 24.7 Å². The molecule has 4 nitrogen and oxygen atoms in total. The lowest BCUT2D eigenvalue weighted by Gasteiger charge is -2.31. The van der Waals surface area contributed by atoms with Crippen molar-refractivity contribution in [3.05, 3.63) is 41.2 Å². The first-order chi connectivity index (χ1) is 10.7. The van der Waals surface area contributed by atoms with E-state index in [0.717, 1.165) is 25.9 Å². The van der Waals surface area contributed by atoms with Crippen molar-refractivity contribution in [2.45, 2.75) is 18.9 Å². The molecule has 1 aliphatic heterocycles. The second-order valence-corrected chi connectivity index (χ2v) is 6.40. The molecule has 1 aromatic heterocycles. The quantitative estimate of drug-likeness (QED) is 0.868. The molecule has 1 N–H and O–H groups in total. The first kappa shape index (κ1) is 20.8. The molecule has 0 aliphatic carbocycles. The van der Waals surface area contributed by atoms with Crippen molar-refractivity contribution in [1.82, 2.24) is 15.2 Å². The highest BCUT2D eigenvalue weighted by atomic mass is 35.5. The zero-order chi connectivity index (χ0) is 15.5. The smallest absolute Gasteiger partial charge is 0.265 e. The largest absolute Gasteiger partial charge is 0.338 e. The Labute approximate surface area is 157 Å². The number of thiazole rings is 1. The standard InChI is InChI=1S/C16H18FN3OS.2ClH/c1-18-11-6-8-20(9-7-11)16(21)14-10-19-15(22-14)12-4-2-3-5-13(12)17;;/h2-5,10-11,18H,6-9H2,1H3;2*1H. The summed E-state index contributed by atoms with van der Waals surface area (Å²) in [5.74, 6) is -0.319. The van der Waals surface area contributed by atoms with Crippen LogP contribution in [0.15, 0.2) is 30.5 Å². The number of hydrogen-bond acceptors (Lipinski definition) is 4. The molecule has 0 bridgehead atoms. The van der Waals surface area contributed by atoms with E-state index in [2.05, 4.69) is 10.3 Å². The Morgan fingerprint density at radius 3 is 2.58 bits per heavy atom. The lowest BCUT2D eigenvalue weighted by molar-refractivity contribution is 0.0712. The number of hydrogen-bond donors (Lipinski definition) is 1. The second kappa shape index (κ2) is 9.32. The molecule has 1 fully saturated rings. The Kier molecular flexibility index (Phi) is 8.09. The summed E-state index contributed by atoms with van der Waals surface area (Å²) < 4.78 is 13.8. The fraction of sp³-hybridized carbons (Fsp3) is 0.375. The summed E-state index contributed by atoms with van der Waals surface area (Å²) >= 11 is 1.25. The minimum absolute atomic E-state index is 0. The van der Waals surface area contributed by atoms with Crippen LogP contribution in [0.5, 0.6) is 0 Å². The molecule has 0 saturated carbocycles. The molecule has 3 rings (SSSR count). The van der Waals surface area contributed by atoms with E-state index >= 15 is 0 Å². The lowest BCUT2D eigenvalue weighted by Crippen LogP contribution is -2.43. The van der Waals surface area contributed by atoms with E-state index in [0.29, 0.717) is 21.5 Å². The van der Waals surface area contributed by atoms with Crippen LogP contribution in [0.4, 0.5) is 4.39 Å². The van der Waals surface area contributed by atoms with Crippen LogP contribution in [-0.4, -0.2) is 42.0 Å². The molecule has 1 aromatic carbocycles. The summed E-state index contributed by atoms with van der Waals surface area (Å²) in [6.45, 7) is 1.49. The number of carbonyl (C=O) groups excluding carboxylic acids is 1. The highest BCUT2D eigenvalue weighted by Crippen LogP contribution is 2.28. The number of benzene rings is 1. The predicted molar refractivity (Wildman–Crippen MR) is 100.0 cm³/mol. The van der Waals surface area contributed by atoms with Crippen LogP contribution in [-0.2, 0) is 0 Å². The lowest BCUT2D eigenvalue weighted by atomic mass is 10.1.